The number of hydrogen-bond donors (Lipinski definition) is 1. The topological polar surface area (TPSA) is 62.4 Å². The highest BCUT2D eigenvalue weighted by Crippen LogP contribution is 2.49. The van der Waals surface area contributed by atoms with E-state index >= 15 is 0 Å². The largest absolute Gasteiger partial charge is 0.481 e. The van der Waals surface area contributed by atoms with Crippen LogP contribution < -0.4 is 0 Å². The lowest BCUT2D eigenvalue weighted by molar-refractivity contribution is -0.151. The Bertz CT molecular complexity index is 428. The lowest BCUT2D eigenvalue weighted by Crippen LogP contribution is -2.36. The number of fused-ring (bicyclic) bond motifs is 2. The van der Waals surface area contributed by atoms with Crippen LogP contribution in [0.15, 0.2) is 0 Å². The summed E-state index contributed by atoms with van der Waals surface area (Å²) in [6.07, 6.45) is 18.3. The standard InChI is InChI=1S/C15H26O3.C6H10O/c1-2-3-4-5-6-7-9-15(14(16)17)10-8-12-13(11-15)18-12;1-2-4-6-5(3-1)7-6/h12-13H,2-11H2,1H3,(H,16,17);5-6H,1-4H2. The molecule has 4 aliphatic rings. The summed E-state index contributed by atoms with van der Waals surface area (Å²) in [6.45, 7) is 2.22. The van der Waals surface area contributed by atoms with Crippen molar-refractivity contribution in [2.75, 3.05) is 0 Å². The van der Waals surface area contributed by atoms with Gasteiger partial charge in [0.1, 0.15) is 0 Å². The third kappa shape index (κ3) is 5.43. The molecule has 4 nitrogen and oxygen atoms in total. The van der Waals surface area contributed by atoms with Gasteiger partial charge in [0.2, 0.25) is 0 Å². The summed E-state index contributed by atoms with van der Waals surface area (Å²) in [5.74, 6) is -0.593. The minimum atomic E-state index is -0.593. The van der Waals surface area contributed by atoms with Gasteiger partial charge < -0.3 is 14.6 Å². The lowest BCUT2D eigenvalue weighted by Gasteiger charge is -2.31. The van der Waals surface area contributed by atoms with Gasteiger partial charge in [-0.3, -0.25) is 4.79 Å². The van der Waals surface area contributed by atoms with Crippen molar-refractivity contribution in [1.29, 1.82) is 0 Å². The molecule has 2 saturated carbocycles. The Labute approximate surface area is 152 Å². The molecule has 0 amide bonds. The zero-order valence-corrected chi connectivity index (χ0v) is 15.9. The van der Waals surface area contributed by atoms with Crippen LogP contribution in [0.2, 0.25) is 0 Å². The van der Waals surface area contributed by atoms with Crippen LogP contribution >= 0.6 is 0 Å². The van der Waals surface area contributed by atoms with E-state index in [1.807, 2.05) is 0 Å². The Morgan fingerprint density at radius 3 is 2.12 bits per heavy atom. The van der Waals surface area contributed by atoms with Crippen molar-refractivity contribution in [2.45, 2.75) is 121 Å². The molecule has 4 rings (SSSR count). The molecule has 4 fully saturated rings. The zero-order valence-electron chi connectivity index (χ0n) is 15.9. The smallest absolute Gasteiger partial charge is 0.309 e. The fraction of sp³-hybridized carbons (Fsp3) is 0.952. The van der Waals surface area contributed by atoms with Crippen LogP contribution in [-0.4, -0.2) is 35.5 Å². The molecule has 2 heterocycles. The second kappa shape index (κ2) is 8.85. The van der Waals surface area contributed by atoms with E-state index in [2.05, 4.69) is 6.92 Å². The van der Waals surface area contributed by atoms with Crippen molar-refractivity contribution >= 4 is 5.97 Å². The molecule has 144 valence electrons. The van der Waals surface area contributed by atoms with E-state index < -0.39 is 11.4 Å². The number of ether oxygens (including phenoxy) is 2. The van der Waals surface area contributed by atoms with Crippen molar-refractivity contribution in [1.82, 2.24) is 0 Å². The van der Waals surface area contributed by atoms with Gasteiger partial charge in [-0.05, 0) is 38.5 Å². The van der Waals surface area contributed by atoms with Crippen molar-refractivity contribution in [3.63, 3.8) is 0 Å². The first kappa shape index (κ1) is 19.2. The van der Waals surface area contributed by atoms with Gasteiger partial charge in [-0.1, -0.05) is 58.3 Å². The first-order valence-corrected chi connectivity index (χ1v) is 10.7. The molecule has 2 aliphatic heterocycles. The lowest BCUT2D eigenvalue weighted by atomic mass is 9.71. The molecule has 5 unspecified atom stereocenters. The Balaban J connectivity index is 0.000000213. The van der Waals surface area contributed by atoms with Crippen molar-refractivity contribution < 1.29 is 19.4 Å². The molecular weight excluding hydrogens is 316 g/mol. The summed E-state index contributed by atoms with van der Waals surface area (Å²) in [6, 6.07) is 0. The molecule has 0 aromatic carbocycles. The van der Waals surface area contributed by atoms with Gasteiger partial charge in [0.05, 0.1) is 29.8 Å². The van der Waals surface area contributed by atoms with Crippen molar-refractivity contribution in [2.24, 2.45) is 5.41 Å². The monoisotopic (exact) mass is 352 g/mol. The summed E-state index contributed by atoms with van der Waals surface area (Å²) < 4.78 is 10.8. The Morgan fingerprint density at radius 2 is 1.52 bits per heavy atom. The van der Waals surface area contributed by atoms with E-state index in [1.54, 1.807) is 0 Å². The Hall–Kier alpha value is -0.610. The molecule has 1 N–H and O–H groups in total. The molecular formula is C21H36O4. The molecule has 0 radical (unpaired) electrons. The third-order valence-electron chi connectivity index (χ3n) is 6.56. The molecule has 4 heteroatoms. The number of aliphatic carboxylic acids is 1. The van der Waals surface area contributed by atoms with E-state index in [-0.39, 0.29) is 6.10 Å². The van der Waals surface area contributed by atoms with Crippen LogP contribution in [0.4, 0.5) is 0 Å². The summed E-state index contributed by atoms with van der Waals surface area (Å²) in [4.78, 5) is 11.6. The van der Waals surface area contributed by atoms with Gasteiger partial charge in [0.25, 0.3) is 0 Å². The van der Waals surface area contributed by atoms with E-state index in [1.165, 1.54) is 57.8 Å². The van der Waals surface area contributed by atoms with E-state index in [0.717, 1.165) is 32.1 Å². The number of unbranched alkanes of at least 4 members (excludes halogenated alkanes) is 5. The second-order valence-electron chi connectivity index (χ2n) is 8.56. The van der Waals surface area contributed by atoms with Crippen molar-refractivity contribution in [3.05, 3.63) is 0 Å². The molecule has 2 saturated heterocycles. The number of carboxylic acid groups (broad SMARTS) is 1. The number of carboxylic acids is 1. The number of rotatable bonds is 8. The molecule has 2 aliphatic carbocycles. The van der Waals surface area contributed by atoms with Gasteiger partial charge in [-0.15, -0.1) is 0 Å². The molecule has 0 aromatic heterocycles. The van der Waals surface area contributed by atoms with Crippen LogP contribution in [0, 0.1) is 5.41 Å². The predicted octanol–water partition coefficient (Wildman–Crippen LogP) is 5.09. The number of carbonyl (C=O) groups is 1. The normalized spacial score (nSPS) is 38.0. The van der Waals surface area contributed by atoms with Crippen LogP contribution in [0.5, 0.6) is 0 Å². The maximum Gasteiger partial charge on any atom is 0.309 e. The number of epoxide rings is 2. The quantitative estimate of drug-likeness (QED) is 0.488. The Kier molecular flexibility index (Phi) is 6.79. The minimum Gasteiger partial charge on any atom is -0.481 e. The van der Waals surface area contributed by atoms with Gasteiger partial charge >= 0.3 is 5.97 Å². The average Bonchev–Trinajstić information content (AvgIpc) is 3.52. The van der Waals surface area contributed by atoms with Gasteiger partial charge in [-0.25, -0.2) is 0 Å². The molecule has 5 atom stereocenters. The fourth-order valence-corrected chi connectivity index (χ4v) is 4.67. The van der Waals surface area contributed by atoms with Crippen LogP contribution in [0.3, 0.4) is 0 Å². The summed E-state index contributed by atoms with van der Waals surface area (Å²) >= 11 is 0. The van der Waals surface area contributed by atoms with Crippen LogP contribution in [0.1, 0.15) is 96.8 Å². The predicted molar refractivity (Wildman–Crippen MR) is 97.7 cm³/mol. The zero-order chi connectivity index (χ0) is 17.7. The first-order chi connectivity index (χ1) is 12.1. The minimum absolute atomic E-state index is 0.259. The van der Waals surface area contributed by atoms with E-state index in [0.29, 0.717) is 18.3 Å². The molecule has 0 bridgehead atoms. The highest BCUT2D eigenvalue weighted by molar-refractivity contribution is 5.75. The summed E-state index contributed by atoms with van der Waals surface area (Å²) in [5, 5.41) is 9.51. The highest BCUT2D eigenvalue weighted by Gasteiger charge is 2.53. The van der Waals surface area contributed by atoms with E-state index in [4.69, 9.17) is 9.47 Å². The maximum absolute atomic E-state index is 11.6. The van der Waals surface area contributed by atoms with Gasteiger partial charge in [0, 0.05) is 0 Å². The van der Waals surface area contributed by atoms with Gasteiger partial charge in [0.15, 0.2) is 0 Å². The third-order valence-corrected chi connectivity index (χ3v) is 6.56. The molecule has 0 aromatic rings. The second-order valence-corrected chi connectivity index (χ2v) is 8.56. The highest BCUT2D eigenvalue weighted by atomic mass is 16.6. The fourth-order valence-electron chi connectivity index (χ4n) is 4.67. The maximum atomic E-state index is 11.6. The van der Waals surface area contributed by atoms with Crippen molar-refractivity contribution in [3.8, 4) is 0 Å². The average molecular weight is 353 g/mol. The SMILES string of the molecule is C1CCC2OC2C1.CCCCCCCCC1(C(=O)O)CCC2OC2C1. The van der Waals surface area contributed by atoms with E-state index in [9.17, 15) is 9.90 Å². The van der Waals surface area contributed by atoms with Crippen LogP contribution in [-0.2, 0) is 14.3 Å². The van der Waals surface area contributed by atoms with Crippen LogP contribution in [0.25, 0.3) is 0 Å². The summed E-state index contributed by atoms with van der Waals surface area (Å²) in [7, 11) is 0. The first-order valence-electron chi connectivity index (χ1n) is 10.7. The number of hydrogen-bond acceptors (Lipinski definition) is 3. The molecule has 25 heavy (non-hydrogen) atoms. The Morgan fingerprint density at radius 1 is 0.920 bits per heavy atom. The molecule has 0 spiro atoms. The summed E-state index contributed by atoms with van der Waals surface area (Å²) in [5.41, 5.74) is -0.470. The van der Waals surface area contributed by atoms with Gasteiger partial charge in [-0.2, -0.15) is 0 Å².